The predicted octanol–water partition coefficient (Wildman–Crippen LogP) is 2.53. The molecule has 0 saturated heterocycles. The average Bonchev–Trinajstić information content (AvgIpc) is 1.86. The second-order valence-electron chi connectivity index (χ2n) is 1.32. The van der Waals surface area contributed by atoms with Crippen molar-refractivity contribution < 1.29 is 24.4 Å². The van der Waals surface area contributed by atoms with E-state index in [0.717, 1.165) is 0 Å². The third-order valence-corrected chi connectivity index (χ3v) is 2.10. The second-order valence-corrected chi connectivity index (χ2v) is 3.63. The van der Waals surface area contributed by atoms with E-state index in [4.69, 9.17) is 0 Å². The van der Waals surface area contributed by atoms with Crippen LogP contribution in [0.15, 0.2) is 21.6 Å². The Morgan fingerprint density at radius 1 is 1.38 bits per heavy atom. The van der Waals surface area contributed by atoms with E-state index in [1.165, 1.54) is 30.8 Å². The van der Waals surface area contributed by atoms with Crippen LogP contribution in [0, 0.1) is 0 Å². The van der Waals surface area contributed by atoms with Crippen LogP contribution in [0.4, 0.5) is 0 Å². The first-order valence-corrected chi connectivity index (χ1v) is 3.76. The first-order chi connectivity index (χ1) is 2.89. The molecule has 0 fully saturated rings. The molecule has 0 nitrogen and oxygen atoms in total. The van der Waals surface area contributed by atoms with Gasteiger partial charge in [-0.15, -0.1) is 34.0 Å². The summed E-state index contributed by atoms with van der Waals surface area (Å²) in [5, 5.41) is 0. The summed E-state index contributed by atoms with van der Waals surface area (Å²) in [4.78, 5) is 0. The van der Waals surface area contributed by atoms with Crippen molar-refractivity contribution in [3.8, 4) is 0 Å². The van der Waals surface area contributed by atoms with Gasteiger partial charge in [-0.1, -0.05) is 0 Å². The average molecular weight is 405 g/mol. The molecule has 0 aromatic carbocycles. The fraction of sp³-hybridized carbons (Fsp3) is 0.200. The molecule has 8 heavy (non-hydrogen) atoms. The Morgan fingerprint density at radius 2 is 2.00 bits per heavy atom. The van der Waals surface area contributed by atoms with Crippen LogP contribution in [0.1, 0.15) is 6.42 Å². The zero-order valence-electron chi connectivity index (χ0n) is 4.26. The predicted molar refractivity (Wildman–Crippen MR) is 42.5 cm³/mol. The Balaban J connectivity index is 0. The van der Waals surface area contributed by atoms with E-state index < -0.39 is 0 Å². The van der Waals surface area contributed by atoms with Crippen molar-refractivity contribution in [2.24, 2.45) is 0 Å². The molecule has 0 atom stereocenters. The van der Waals surface area contributed by atoms with Crippen molar-refractivity contribution in [2.75, 3.05) is 0 Å². The molecule has 0 spiro atoms. The van der Waals surface area contributed by atoms with Gasteiger partial charge < -0.3 is 0 Å². The molecule has 0 radical (unpaired) electrons. The van der Waals surface area contributed by atoms with Gasteiger partial charge in [0.25, 0.3) is 0 Å². The molecule has 0 aromatic rings. The number of hydrogen-bond acceptors (Lipinski definition) is 0. The zero-order valence-corrected chi connectivity index (χ0v) is 11.3. The molecule has 3 heteroatoms. The van der Waals surface area contributed by atoms with Gasteiger partial charge in [0, 0.05) is 0 Å². The molecule has 0 bridgehead atoms. The topological polar surface area (TPSA) is 0 Å². The Morgan fingerprint density at radius 3 is 2.12 bits per heavy atom. The minimum atomic E-state index is 0. The molecule has 45 valence electrons. The van der Waals surface area contributed by atoms with Crippen molar-refractivity contribution >= 4 is 34.0 Å². The molecule has 0 heterocycles. The molecule has 1 rings (SSSR count). The summed E-state index contributed by atoms with van der Waals surface area (Å²) >= 11 is 1.25. The van der Waals surface area contributed by atoms with Crippen LogP contribution in [0.3, 0.4) is 0 Å². The van der Waals surface area contributed by atoms with E-state index in [1.54, 1.807) is 3.33 Å². The van der Waals surface area contributed by atoms with Crippen LogP contribution in [0.25, 0.3) is 0 Å². The summed E-state index contributed by atoms with van der Waals surface area (Å²) in [7, 11) is 0. The van der Waals surface area contributed by atoms with Gasteiger partial charge in [-0.05, 0) is 0 Å². The second kappa shape index (κ2) is 6.43. The van der Waals surface area contributed by atoms with Crippen LogP contribution >= 0.6 is 34.0 Å². The standard InChI is InChI=1S/C5H5.2BrH.Hf/c1-2-4-5-3-1;;;/h1-3H,4H2;2*1H;. The van der Waals surface area contributed by atoms with Gasteiger partial charge in [-0.3, -0.25) is 0 Å². The summed E-state index contributed by atoms with van der Waals surface area (Å²) in [6.07, 6.45) is 7.75. The molecule has 1 aliphatic rings. The molecule has 0 aromatic heterocycles. The molecule has 0 amide bonds. The Bertz CT molecular complexity index is 107. The SMILES string of the molecule is Br.Br.[Hf][C]1=CC=CC1. The Hall–Kier alpha value is 1.31. The van der Waals surface area contributed by atoms with Gasteiger partial charge in [0.15, 0.2) is 0 Å². The van der Waals surface area contributed by atoms with Crippen molar-refractivity contribution in [2.45, 2.75) is 6.42 Å². The van der Waals surface area contributed by atoms with Crippen molar-refractivity contribution in [3.05, 3.63) is 21.6 Å². The van der Waals surface area contributed by atoms with E-state index in [9.17, 15) is 0 Å². The van der Waals surface area contributed by atoms with Crippen molar-refractivity contribution in [1.82, 2.24) is 0 Å². The van der Waals surface area contributed by atoms with E-state index in [2.05, 4.69) is 18.2 Å². The first-order valence-electron chi connectivity index (χ1n) is 1.97. The van der Waals surface area contributed by atoms with Gasteiger partial charge in [-0.2, -0.15) is 0 Å². The molecular weight excluding hydrogens is 398 g/mol. The quantitative estimate of drug-likeness (QED) is 0.544. The molecule has 0 saturated carbocycles. The van der Waals surface area contributed by atoms with E-state index in [0.29, 0.717) is 0 Å². The van der Waals surface area contributed by atoms with Crippen molar-refractivity contribution in [3.63, 3.8) is 0 Å². The maximum atomic E-state index is 2.20. The fourth-order valence-electron chi connectivity index (χ4n) is 0.447. The Kier molecular flexibility index (Phi) is 9.67. The molecule has 0 unspecified atom stereocenters. The van der Waals surface area contributed by atoms with Gasteiger partial charge in [0.2, 0.25) is 0 Å². The van der Waals surface area contributed by atoms with Gasteiger partial charge >= 0.3 is 52.4 Å². The number of hydrogen-bond donors (Lipinski definition) is 0. The summed E-state index contributed by atoms with van der Waals surface area (Å²) in [5.74, 6) is 0. The monoisotopic (exact) mass is 405 g/mol. The molecular formula is C5H7Br2Hf. The first kappa shape index (κ1) is 12.0. The van der Waals surface area contributed by atoms with Crippen LogP contribution in [-0.2, 0) is 24.4 Å². The third kappa shape index (κ3) is 4.21. The maximum absolute atomic E-state index is 2.20. The fourth-order valence-corrected chi connectivity index (χ4v) is 1.22. The Labute approximate surface area is 85.5 Å². The van der Waals surface area contributed by atoms with Crippen LogP contribution in [0.2, 0.25) is 0 Å². The molecule has 0 aliphatic heterocycles. The van der Waals surface area contributed by atoms with Crippen molar-refractivity contribution in [1.29, 1.82) is 0 Å². The van der Waals surface area contributed by atoms with Gasteiger partial charge in [-0.25, -0.2) is 0 Å². The van der Waals surface area contributed by atoms with Gasteiger partial charge in [0.1, 0.15) is 0 Å². The van der Waals surface area contributed by atoms with E-state index in [1.807, 2.05) is 0 Å². The van der Waals surface area contributed by atoms with Gasteiger partial charge in [0.05, 0.1) is 0 Å². The van der Waals surface area contributed by atoms with Crippen LogP contribution in [0.5, 0.6) is 0 Å². The summed E-state index contributed by atoms with van der Waals surface area (Å²) < 4.78 is 1.61. The third-order valence-electron chi connectivity index (χ3n) is 0.771. The molecule has 0 N–H and O–H groups in total. The number of halogens is 2. The van der Waals surface area contributed by atoms with Crippen LogP contribution < -0.4 is 0 Å². The summed E-state index contributed by atoms with van der Waals surface area (Å²) in [6, 6.07) is 0. The van der Waals surface area contributed by atoms with E-state index >= 15 is 0 Å². The zero-order chi connectivity index (χ0) is 4.41. The number of allylic oxidation sites excluding steroid dienone is 4. The summed E-state index contributed by atoms with van der Waals surface area (Å²) in [5.41, 5.74) is 0. The minimum absolute atomic E-state index is 0. The normalized spacial score (nSPS) is 13.6. The molecule has 1 aliphatic carbocycles. The van der Waals surface area contributed by atoms with E-state index in [-0.39, 0.29) is 34.0 Å². The number of rotatable bonds is 0. The summed E-state index contributed by atoms with van der Waals surface area (Å²) in [6.45, 7) is 0. The van der Waals surface area contributed by atoms with Crippen LogP contribution in [-0.4, -0.2) is 0 Å².